The van der Waals surface area contributed by atoms with Crippen molar-refractivity contribution >= 4 is 39.3 Å². The van der Waals surface area contributed by atoms with Gasteiger partial charge in [-0.2, -0.15) is 0 Å². The maximum atomic E-state index is 5.88. The van der Waals surface area contributed by atoms with Crippen LogP contribution in [0.3, 0.4) is 0 Å². The minimum Gasteiger partial charge on any atom is -0.329 e. The zero-order chi connectivity index (χ0) is 13.0. The Bertz CT molecular complexity index is 515. The van der Waals surface area contributed by atoms with E-state index in [1.807, 2.05) is 36.4 Å². The molecule has 0 spiro atoms. The van der Waals surface area contributed by atoms with Crippen molar-refractivity contribution in [3.05, 3.63) is 63.6 Å². The summed E-state index contributed by atoms with van der Waals surface area (Å²) in [6.45, 7) is 0.601. The summed E-state index contributed by atoms with van der Waals surface area (Å²) in [5.41, 5.74) is 7.10. The van der Waals surface area contributed by atoms with Crippen LogP contribution in [-0.4, -0.2) is 6.54 Å². The Morgan fingerprint density at radius 3 is 2.50 bits per heavy atom. The second-order valence-electron chi connectivity index (χ2n) is 3.85. The van der Waals surface area contributed by atoms with Gasteiger partial charge in [0.15, 0.2) is 0 Å². The molecule has 0 heterocycles. The van der Waals surface area contributed by atoms with Crippen molar-refractivity contribution in [2.45, 2.75) is 10.1 Å². The third-order valence-corrected chi connectivity index (χ3v) is 4.57. The molecule has 1 nitrogen and oxygen atoms in total. The number of benzene rings is 2. The summed E-state index contributed by atoms with van der Waals surface area (Å²) < 4.78 is 1.08. The van der Waals surface area contributed by atoms with Crippen LogP contribution < -0.4 is 5.73 Å². The molecule has 2 aromatic rings. The van der Waals surface area contributed by atoms with Crippen molar-refractivity contribution < 1.29 is 0 Å². The zero-order valence-electron chi connectivity index (χ0n) is 9.64. The first kappa shape index (κ1) is 13.9. The molecule has 0 aliphatic heterocycles. The highest BCUT2D eigenvalue weighted by molar-refractivity contribution is 9.10. The molecule has 0 aliphatic carbocycles. The van der Waals surface area contributed by atoms with Gasteiger partial charge in [0.05, 0.1) is 0 Å². The van der Waals surface area contributed by atoms with Gasteiger partial charge >= 0.3 is 0 Å². The average Bonchev–Trinajstić information content (AvgIpc) is 2.38. The summed E-state index contributed by atoms with van der Waals surface area (Å²) in [5.74, 6) is 0. The van der Waals surface area contributed by atoms with E-state index >= 15 is 0 Å². The molecule has 2 N–H and O–H groups in total. The van der Waals surface area contributed by atoms with Crippen molar-refractivity contribution in [1.29, 1.82) is 0 Å². The van der Waals surface area contributed by atoms with Gasteiger partial charge in [-0.15, -0.1) is 11.8 Å². The Hall–Kier alpha value is -0.480. The fraction of sp³-hybridized carbons (Fsp3) is 0.143. The van der Waals surface area contributed by atoms with Gasteiger partial charge in [0.2, 0.25) is 0 Å². The lowest BCUT2D eigenvalue weighted by Gasteiger charge is -2.15. The van der Waals surface area contributed by atoms with Crippen molar-refractivity contribution in [3.63, 3.8) is 0 Å². The topological polar surface area (TPSA) is 26.0 Å². The summed E-state index contributed by atoms with van der Waals surface area (Å²) in [6.07, 6.45) is 0. The normalized spacial score (nSPS) is 12.4. The Kier molecular flexibility index (Phi) is 5.13. The molecule has 1 atom stereocenters. The van der Waals surface area contributed by atoms with E-state index in [4.69, 9.17) is 17.3 Å². The fourth-order valence-corrected chi connectivity index (χ4v) is 3.18. The van der Waals surface area contributed by atoms with Crippen molar-refractivity contribution in [2.24, 2.45) is 5.73 Å². The lowest BCUT2D eigenvalue weighted by Crippen LogP contribution is -2.09. The lowest BCUT2D eigenvalue weighted by atomic mass is 10.1. The molecule has 4 heteroatoms. The number of halogens is 2. The zero-order valence-corrected chi connectivity index (χ0v) is 12.8. The van der Waals surface area contributed by atoms with E-state index in [0.29, 0.717) is 6.54 Å². The second kappa shape index (κ2) is 6.62. The number of hydrogen-bond donors (Lipinski definition) is 1. The molecule has 0 aliphatic rings. The quantitative estimate of drug-likeness (QED) is 0.800. The van der Waals surface area contributed by atoms with Gasteiger partial charge in [-0.05, 0) is 42.0 Å². The molecule has 2 rings (SSSR count). The number of thioether (sulfide) groups is 1. The minimum atomic E-state index is 0.253. The van der Waals surface area contributed by atoms with Crippen LogP contribution in [0.15, 0.2) is 57.9 Å². The number of hydrogen-bond acceptors (Lipinski definition) is 2. The summed E-state index contributed by atoms with van der Waals surface area (Å²) in [5, 5.41) is 1.01. The Labute approximate surface area is 125 Å². The maximum absolute atomic E-state index is 5.88. The first-order valence-electron chi connectivity index (χ1n) is 5.57. The fourth-order valence-electron chi connectivity index (χ4n) is 1.64. The van der Waals surface area contributed by atoms with Gasteiger partial charge < -0.3 is 5.73 Å². The third kappa shape index (κ3) is 3.75. The molecule has 0 amide bonds. The van der Waals surface area contributed by atoms with E-state index in [1.54, 1.807) is 11.8 Å². The van der Waals surface area contributed by atoms with Gasteiger partial charge in [-0.3, -0.25) is 0 Å². The van der Waals surface area contributed by atoms with Crippen molar-refractivity contribution in [2.75, 3.05) is 6.54 Å². The average molecular weight is 343 g/mol. The van der Waals surface area contributed by atoms with Gasteiger partial charge in [-0.25, -0.2) is 0 Å². The molecule has 0 bridgehead atoms. The highest BCUT2D eigenvalue weighted by atomic mass is 79.9. The lowest BCUT2D eigenvalue weighted by molar-refractivity contribution is 0.940. The van der Waals surface area contributed by atoms with Crippen LogP contribution in [-0.2, 0) is 0 Å². The molecule has 0 aromatic heterocycles. The molecular formula is C14H13BrClNS. The van der Waals surface area contributed by atoms with E-state index in [1.165, 1.54) is 10.5 Å². The van der Waals surface area contributed by atoms with Crippen LogP contribution >= 0.6 is 39.3 Å². The van der Waals surface area contributed by atoms with E-state index in [0.717, 1.165) is 9.50 Å². The van der Waals surface area contributed by atoms with Crippen LogP contribution in [0.2, 0.25) is 5.02 Å². The van der Waals surface area contributed by atoms with Gasteiger partial charge in [-0.1, -0.05) is 39.7 Å². The van der Waals surface area contributed by atoms with Crippen LogP contribution in [0.25, 0.3) is 0 Å². The first-order valence-corrected chi connectivity index (χ1v) is 7.62. The number of nitrogens with two attached hydrogens (primary N) is 1. The predicted octanol–water partition coefficient (Wildman–Crippen LogP) is 4.89. The maximum Gasteiger partial charge on any atom is 0.0467 e. The van der Waals surface area contributed by atoms with E-state index < -0.39 is 0 Å². The standard InChI is InChI=1S/C14H13BrClNS/c15-11-3-1-2-10(8-11)14(9-17)18-13-6-4-12(16)5-7-13/h1-8,14H,9,17H2. The highest BCUT2D eigenvalue weighted by Gasteiger charge is 2.11. The summed E-state index contributed by atoms with van der Waals surface area (Å²) in [7, 11) is 0. The summed E-state index contributed by atoms with van der Waals surface area (Å²) in [4.78, 5) is 1.18. The van der Waals surface area contributed by atoms with E-state index in [2.05, 4.69) is 28.1 Å². The Morgan fingerprint density at radius 1 is 1.17 bits per heavy atom. The van der Waals surface area contributed by atoms with Gasteiger partial charge in [0.1, 0.15) is 0 Å². The molecule has 94 valence electrons. The molecule has 0 radical (unpaired) electrons. The Balaban J connectivity index is 2.17. The van der Waals surface area contributed by atoms with E-state index in [9.17, 15) is 0 Å². The van der Waals surface area contributed by atoms with Crippen LogP contribution in [0, 0.1) is 0 Å². The predicted molar refractivity (Wildman–Crippen MR) is 83.2 cm³/mol. The van der Waals surface area contributed by atoms with Crippen molar-refractivity contribution in [1.82, 2.24) is 0 Å². The van der Waals surface area contributed by atoms with E-state index in [-0.39, 0.29) is 5.25 Å². The highest BCUT2D eigenvalue weighted by Crippen LogP contribution is 2.35. The largest absolute Gasteiger partial charge is 0.329 e. The molecular weight excluding hydrogens is 330 g/mol. The van der Waals surface area contributed by atoms with Crippen LogP contribution in [0.1, 0.15) is 10.8 Å². The molecule has 18 heavy (non-hydrogen) atoms. The molecule has 0 saturated heterocycles. The molecule has 0 saturated carbocycles. The molecule has 0 fully saturated rings. The smallest absolute Gasteiger partial charge is 0.0467 e. The minimum absolute atomic E-state index is 0.253. The monoisotopic (exact) mass is 341 g/mol. The summed E-state index contributed by atoms with van der Waals surface area (Å²) in [6, 6.07) is 16.1. The summed E-state index contributed by atoms with van der Waals surface area (Å²) >= 11 is 11.1. The van der Waals surface area contributed by atoms with Crippen LogP contribution in [0.5, 0.6) is 0 Å². The van der Waals surface area contributed by atoms with Crippen molar-refractivity contribution in [3.8, 4) is 0 Å². The SMILES string of the molecule is NCC(Sc1ccc(Cl)cc1)c1cccc(Br)c1. The number of rotatable bonds is 4. The van der Waals surface area contributed by atoms with Gasteiger partial charge in [0.25, 0.3) is 0 Å². The second-order valence-corrected chi connectivity index (χ2v) is 6.48. The molecule has 2 aromatic carbocycles. The molecule has 1 unspecified atom stereocenters. The van der Waals surface area contributed by atoms with Crippen LogP contribution in [0.4, 0.5) is 0 Å². The third-order valence-electron chi connectivity index (χ3n) is 2.53. The van der Waals surface area contributed by atoms with Gasteiger partial charge in [0, 0.05) is 26.2 Å². The first-order chi connectivity index (χ1) is 8.69. The Morgan fingerprint density at radius 2 is 1.89 bits per heavy atom.